The van der Waals surface area contributed by atoms with Gasteiger partial charge in [0.2, 0.25) is 0 Å². The third-order valence-electron chi connectivity index (χ3n) is 5.61. The fourth-order valence-electron chi connectivity index (χ4n) is 4.10. The molecule has 2 aliphatic rings. The molecule has 29 heavy (non-hydrogen) atoms. The number of carbonyl (C=O) groups excluding carboxylic acids is 1. The van der Waals surface area contributed by atoms with Crippen LogP contribution in [0.1, 0.15) is 30.9 Å². The zero-order valence-electron chi connectivity index (χ0n) is 17.0. The lowest BCUT2D eigenvalue weighted by Crippen LogP contribution is -2.45. The Morgan fingerprint density at radius 1 is 1.24 bits per heavy atom. The highest BCUT2D eigenvalue weighted by Crippen LogP contribution is 2.22. The van der Waals surface area contributed by atoms with Crippen LogP contribution in [0.25, 0.3) is 0 Å². The monoisotopic (exact) mass is 398 g/mol. The largest absolute Gasteiger partial charge is 0.483 e. The molecule has 7 heteroatoms. The van der Waals surface area contributed by atoms with Gasteiger partial charge >= 0.3 is 0 Å². The third-order valence-corrected chi connectivity index (χ3v) is 5.61. The second kappa shape index (κ2) is 9.41. The Kier molecular flexibility index (Phi) is 6.46. The van der Waals surface area contributed by atoms with E-state index in [1.54, 1.807) is 0 Å². The molecule has 0 radical (unpaired) electrons. The van der Waals surface area contributed by atoms with Gasteiger partial charge in [-0.15, -0.1) is 0 Å². The number of nitrogens with one attached hydrogen (secondary N) is 1. The number of nitrogens with zero attached hydrogens (tertiary/aromatic N) is 3. The van der Waals surface area contributed by atoms with E-state index in [0.29, 0.717) is 6.61 Å². The molecular weight excluding hydrogens is 368 g/mol. The van der Waals surface area contributed by atoms with Crippen molar-refractivity contribution in [2.45, 2.75) is 51.4 Å². The Labute approximate surface area is 172 Å². The number of aromatic nitrogens is 2. The van der Waals surface area contributed by atoms with Gasteiger partial charge in [-0.2, -0.15) is 5.10 Å². The first-order valence-electron chi connectivity index (χ1n) is 10.6. The summed E-state index contributed by atoms with van der Waals surface area (Å²) in [6.07, 6.45) is 6.97. The highest BCUT2D eigenvalue weighted by molar-refractivity contribution is 5.78. The first kappa shape index (κ1) is 19.9. The number of carbonyl (C=O) groups is 1. The van der Waals surface area contributed by atoms with Crippen molar-refractivity contribution in [1.29, 1.82) is 0 Å². The summed E-state index contributed by atoms with van der Waals surface area (Å²) in [6.45, 7) is 6.08. The van der Waals surface area contributed by atoms with Crippen LogP contribution in [0.15, 0.2) is 36.7 Å². The van der Waals surface area contributed by atoms with Gasteiger partial charge in [-0.05, 0) is 37.8 Å². The predicted molar refractivity (Wildman–Crippen MR) is 110 cm³/mol. The zero-order valence-corrected chi connectivity index (χ0v) is 17.0. The van der Waals surface area contributed by atoms with E-state index in [1.165, 1.54) is 5.56 Å². The molecule has 0 saturated carbocycles. The van der Waals surface area contributed by atoms with Crippen molar-refractivity contribution in [3.63, 3.8) is 0 Å². The van der Waals surface area contributed by atoms with E-state index in [4.69, 9.17) is 9.47 Å². The van der Waals surface area contributed by atoms with Gasteiger partial charge in [0.15, 0.2) is 6.61 Å². The molecule has 1 fully saturated rings. The van der Waals surface area contributed by atoms with Gasteiger partial charge in [-0.25, -0.2) is 0 Å². The van der Waals surface area contributed by atoms with Gasteiger partial charge < -0.3 is 14.8 Å². The molecule has 2 atom stereocenters. The average Bonchev–Trinajstić information content (AvgIpc) is 3.33. The minimum Gasteiger partial charge on any atom is -0.483 e. The maximum atomic E-state index is 12.5. The van der Waals surface area contributed by atoms with E-state index in [0.717, 1.165) is 56.8 Å². The van der Waals surface area contributed by atoms with E-state index in [1.807, 2.05) is 29.1 Å². The molecule has 4 rings (SSSR count). The molecule has 1 amide bonds. The van der Waals surface area contributed by atoms with E-state index < -0.39 is 0 Å². The number of aryl methyl sites for hydroxylation is 2. The second-order valence-corrected chi connectivity index (χ2v) is 7.84. The van der Waals surface area contributed by atoms with Crippen LogP contribution in [0, 0.1) is 0 Å². The van der Waals surface area contributed by atoms with E-state index in [2.05, 4.69) is 34.5 Å². The zero-order chi connectivity index (χ0) is 20.1. The molecule has 156 valence electrons. The smallest absolute Gasteiger partial charge is 0.258 e. The molecule has 0 aliphatic carbocycles. The van der Waals surface area contributed by atoms with Crippen LogP contribution < -0.4 is 10.1 Å². The number of likely N-dealkylation sites (tertiary alicyclic amines) is 1. The average molecular weight is 399 g/mol. The number of para-hydroxylation sites is 1. The molecule has 1 saturated heterocycles. The summed E-state index contributed by atoms with van der Waals surface area (Å²) in [5.74, 6) is 0.707. The topological polar surface area (TPSA) is 68.6 Å². The van der Waals surface area contributed by atoms with Crippen molar-refractivity contribution in [2.75, 3.05) is 26.3 Å². The third kappa shape index (κ3) is 5.16. The Morgan fingerprint density at radius 2 is 2.14 bits per heavy atom. The quantitative estimate of drug-likeness (QED) is 0.857. The Hall–Kier alpha value is -2.38. The molecule has 0 spiro atoms. The van der Waals surface area contributed by atoms with Gasteiger partial charge in [0.25, 0.3) is 5.91 Å². The van der Waals surface area contributed by atoms with Gasteiger partial charge in [-0.3, -0.25) is 14.4 Å². The predicted octanol–water partition coefficient (Wildman–Crippen LogP) is 2.00. The number of hydrogen-bond donors (Lipinski definition) is 1. The Balaban J connectivity index is 1.40. The molecule has 0 bridgehead atoms. The molecular formula is C22H30N4O3. The summed E-state index contributed by atoms with van der Waals surface area (Å²) in [4.78, 5) is 14.8. The number of benzene rings is 1. The van der Waals surface area contributed by atoms with Crippen molar-refractivity contribution >= 4 is 5.91 Å². The van der Waals surface area contributed by atoms with E-state index >= 15 is 0 Å². The molecule has 1 aromatic heterocycles. The van der Waals surface area contributed by atoms with Gasteiger partial charge in [0.1, 0.15) is 5.75 Å². The van der Waals surface area contributed by atoms with E-state index in [-0.39, 0.29) is 24.7 Å². The van der Waals surface area contributed by atoms with Crippen molar-refractivity contribution in [2.24, 2.45) is 0 Å². The summed E-state index contributed by atoms with van der Waals surface area (Å²) >= 11 is 0. The van der Waals surface area contributed by atoms with Crippen molar-refractivity contribution in [3.8, 4) is 5.75 Å². The number of rotatable bonds is 3. The lowest BCUT2D eigenvalue weighted by molar-refractivity contribution is -0.124. The number of fused-ring (bicyclic) bond motifs is 2. The number of ether oxygens (including phenoxy) is 2. The van der Waals surface area contributed by atoms with Crippen LogP contribution in [0.4, 0.5) is 0 Å². The standard InChI is InChI=1S/C22H30N4O3/c1-2-26-13-17(11-23-26)12-25-14-19-21(15-25)28-10-6-5-8-18-7-3-4-9-20(18)29-16-22(27)24-19/h3-4,7,9,11,13,19,21H,2,5-6,8,10,12,14-16H2,1H3,(H,24,27)/t19-,21-/m1/s1. The minimum atomic E-state index is -0.0988. The van der Waals surface area contributed by atoms with Crippen LogP contribution in [-0.2, 0) is 29.0 Å². The molecule has 2 aromatic rings. The first-order chi connectivity index (χ1) is 14.2. The SMILES string of the molecule is CCn1cc(CN2C[C@H]3NC(=O)COc4ccccc4CCCCO[C@@H]3C2)cn1. The second-order valence-electron chi connectivity index (χ2n) is 7.84. The van der Waals surface area contributed by atoms with Crippen LogP contribution in [0.2, 0.25) is 0 Å². The van der Waals surface area contributed by atoms with Crippen molar-refractivity contribution < 1.29 is 14.3 Å². The molecule has 1 aromatic carbocycles. The van der Waals surface area contributed by atoms with Crippen LogP contribution in [0.5, 0.6) is 5.75 Å². The number of hydrogen-bond acceptors (Lipinski definition) is 5. The lowest BCUT2D eigenvalue weighted by Gasteiger charge is -2.20. The summed E-state index contributed by atoms with van der Waals surface area (Å²) in [6, 6.07) is 7.95. The maximum absolute atomic E-state index is 12.5. The summed E-state index contributed by atoms with van der Waals surface area (Å²) in [5, 5.41) is 7.48. The van der Waals surface area contributed by atoms with Crippen LogP contribution in [-0.4, -0.2) is 59.0 Å². The van der Waals surface area contributed by atoms with Crippen LogP contribution in [0.3, 0.4) is 0 Å². The number of amides is 1. The summed E-state index contributed by atoms with van der Waals surface area (Å²) in [5.41, 5.74) is 2.34. The highest BCUT2D eigenvalue weighted by atomic mass is 16.5. The molecule has 1 N–H and O–H groups in total. The fraction of sp³-hybridized carbons (Fsp3) is 0.545. The fourth-order valence-corrected chi connectivity index (χ4v) is 4.10. The molecule has 0 unspecified atom stereocenters. The van der Waals surface area contributed by atoms with E-state index in [9.17, 15) is 4.79 Å². The van der Waals surface area contributed by atoms with Crippen LogP contribution >= 0.6 is 0 Å². The van der Waals surface area contributed by atoms with Crippen molar-refractivity contribution in [1.82, 2.24) is 20.0 Å². The lowest BCUT2D eigenvalue weighted by atomic mass is 10.1. The Bertz CT molecular complexity index is 822. The Morgan fingerprint density at radius 3 is 3.00 bits per heavy atom. The molecule has 2 aliphatic heterocycles. The maximum Gasteiger partial charge on any atom is 0.258 e. The minimum absolute atomic E-state index is 0.00305. The highest BCUT2D eigenvalue weighted by Gasteiger charge is 2.34. The van der Waals surface area contributed by atoms with Gasteiger partial charge in [-0.1, -0.05) is 18.2 Å². The van der Waals surface area contributed by atoms with Gasteiger partial charge in [0.05, 0.1) is 18.3 Å². The summed E-state index contributed by atoms with van der Waals surface area (Å²) in [7, 11) is 0. The normalized spacial score (nSPS) is 23.7. The van der Waals surface area contributed by atoms with Gasteiger partial charge in [0, 0.05) is 44.5 Å². The molecule has 7 nitrogen and oxygen atoms in total. The van der Waals surface area contributed by atoms with Crippen molar-refractivity contribution in [3.05, 3.63) is 47.8 Å². The first-order valence-corrected chi connectivity index (χ1v) is 10.6. The summed E-state index contributed by atoms with van der Waals surface area (Å²) < 4.78 is 14.0. The molecule has 3 heterocycles.